The van der Waals surface area contributed by atoms with Gasteiger partial charge >= 0.3 is 0 Å². The van der Waals surface area contributed by atoms with Crippen molar-refractivity contribution in [2.45, 2.75) is 37.8 Å². The highest BCUT2D eigenvalue weighted by atomic mass is 16.5. The second-order valence-corrected chi connectivity index (χ2v) is 9.55. The van der Waals surface area contributed by atoms with E-state index >= 15 is 0 Å². The lowest BCUT2D eigenvalue weighted by Crippen LogP contribution is -2.64. The number of carbonyl (C=O) groups excluding carboxylic acids is 2. The van der Waals surface area contributed by atoms with Gasteiger partial charge in [-0.2, -0.15) is 4.98 Å². The summed E-state index contributed by atoms with van der Waals surface area (Å²) in [5.41, 5.74) is 7.66. The van der Waals surface area contributed by atoms with Crippen molar-refractivity contribution in [3.05, 3.63) is 60.0 Å². The van der Waals surface area contributed by atoms with E-state index in [1.54, 1.807) is 4.90 Å². The third-order valence-electron chi connectivity index (χ3n) is 6.94. The van der Waals surface area contributed by atoms with E-state index in [9.17, 15) is 9.59 Å². The Kier molecular flexibility index (Phi) is 5.70. The molecule has 5 rings (SSSR count). The number of nitrogens with two attached hydrogens (primary N) is 1. The van der Waals surface area contributed by atoms with Crippen molar-refractivity contribution in [3.63, 3.8) is 0 Å². The number of primary amides is 1. The van der Waals surface area contributed by atoms with Crippen molar-refractivity contribution >= 4 is 17.5 Å². The second-order valence-electron chi connectivity index (χ2n) is 9.55. The Morgan fingerprint density at radius 3 is 2.66 bits per heavy atom. The molecule has 0 aliphatic carbocycles. The third kappa shape index (κ3) is 4.11. The van der Waals surface area contributed by atoms with Crippen molar-refractivity contribution in [2.75, 3.05) is 25.5 Å². The molecule has 9 heteroatoms. The highest BCUT2D eigenvalue weighted by molar-refractivity contribution is 6.01. The van der Waals surface area contributed by atoms with Gasteiger partial charge in [0.25, 0.3) is 0 Å². The zero-order chi connectivity index (χ0) is 24.7. The summed E-state index contributed by atoms with van der Waals surface area (Å²) in [5.74, 6) is -0.391. The minimum absolute atomic E-state index is 0.288. The maximum absolute atomic E-state index is 13.4. The fourth-order valence-electron chi connectivity index (χ4n) is 5.15. The number of carbonyl (C=O) groups is 2. The number of aromatic nitrogens is 2. The SMILES string of the molecule is CN(C)c1ccc(-c2noc(CCCN3C(=O)C(C(N)=O)C4CC3(C)Oc3ccccc34)n2)cc1. The summed E-state index contributed by atoms with van der Waals surface area (Å²) in [6.07, 6.45) is 1.57. The van der Waals surface area contributed by atoms with E-state index in [1.165, 1.54) is 0 Å². The van der Waals surface area contributed by atoms with Crippen LogP contribution in [0.2, 0.25) is 0 Å². The van der Waals surface area contributed by atoms with Gasteiger partial charge in [-0.15, -0.1) is 0 Å². The number of piperidine rings is 1. The molecule has 3 unspecified atom stereocenters. The molecular formula is C26H29N5O4. The molecule has 1 aromatic heterocycles. The number of rotatable bonds is 7. The van der Waals surface area contributed by atoms with Crippen LogP contribution in [-0.4, -0.2) is 53.2 Å². The van der Waals surface area contributed by atoms with Crippen LogP contribution in [0.4, 0.5) is 5.69 Å². The molecule has 2 bridgehead atoms. The number of nitrogens with zero attached hydrogens (tertiary/aromatic N) is 4. The summed E-state index contributed by atoms with van der Waals surface area (Å²) in [7, 11) is 3.97. The van der Waals surface area contributed by atoms with E-state index in [1.807, 2.05) is 74.4 Å². The third-order valence-corrected chi connectivity index (χ3v) is 6.94. The Bertz CT molecular complexity index is 1250. The molecule has 9 nitrogen and oxygen atoms in total. The molecule has 1 saturated heterocycles. The standard InChI is InChI=1S/C26H29N5O4/c1-26-15-19(18-7-4-5-8-20(18)34-26)22(23(27)32)25(33)31(26)14-6-9-21-28-24(29-35-21)16-10-12-17(13-11-16)30(2)3/h4-5,7-8,10-13,19,22H,6,9,14-15H2,1-3H3,(H2,27,32). The number of benzene rings is 2. The van der Waals surface area contributed by atoms with Crippen molar-refractivity contribution in [1.82, 2.24) is 15.0 Å². The Morgan fingerprint density at radius 2 is 1.94 bits per heavy atom. The predicted octanol–water partition coefficient (Wildman–Crippen LogP) is 2.96. The molecule has 0 spiro atoms. The van der Waals surface area contributed by atoms with E-state index in [4.69, 9.17) is 15.0 Å². The van der Waals surface area contributed by atoms with Crippen LogP contribution in [0.3, 0.4) is 0 Å². The number of aryl methyl sites for hydroxylation is 1. The number of anilines is 1. The van der Waals surface area contributed by atoms with Gasteiger partial charge in [-0.25, -0.2) is 0 Å². The summed E-state index contributed by atoms with van der Waals surface area (Å²) >= 11 is 0. The number of fused-ring (bicyclic) bond motifs is 4. The Labute approximate surface area is 203 Å². The average molecular weight is 476 g/mol. The first-order valence-electron chi connectivity index (χ1n) is 11.8. The molecule has 2 aliphatic heterocycles. The number of hydrogen-bond acceptors (Lipinski definition) is 7. The molecule has 1 fully saturated rings. The summed E-state index contributed by atoms with van der Waals surface area (Å²) in [5, 5.41) is 4.10. The molecule has 3 aromatic rings. The minimum Gasteiger partial charge on any atom is -0.468 e. The van der Waals surface area contributed by atoms with Crippen molar-refractivity contribution in [1.29, 1.82) is 0 Å². The van der Waals surface area contributed by atoms with Crippen LogP contribution < -0.4 is 15.4 Å². The summed E-state index contributed by atoms with van der Waals surface area (Å²) in [6, 6.07) is 15.4. The van der Waals surface area contributed by atoms with Gasteiger partial charge in [-0.3, -0.25) is 9.59 Å². The van der Waals surface area contributed by atoms with Gasteiger partial charge in [0.1, 0.15) is 11.7 Å². The van der Waals surface area contributed by atoms with E-state index in [0.29, 0.717) is 43.3 Å². The number of hydrogen-bond donors (Lipinski definition) is 1. The van der Waals surface area contributed by atoms with Gasteiger partial charge in [0.2, 0.25) is 23.5 Å². The zero-order valence-corrected chi connectivity index (χ0v) is 20.1. The fraction of sp³-hybridized carbons (Fsp3) is 0.385. The lowest BCUT2D eigenvalue weighted by Gasteiger charge is -2.52. The van der Waals surface area contributed by atoms with E-state index in [-0.39, 0.29) is 11.8 Å². The van der Waals surface area contributed by atoms with E-state index < -0.39 is 17.6 Å². The quantitative estimate of drug-likeness (QED) is 0.523. The van der Waals surface area contributed by atoms with Crippen LogP contribution in [0, 0.1) is 5.92 Å². The topological polar surface area (TPSA) is 115 Å². The molecule has 0 radical (unpaired) electrons. The van der Waals surface area contributed by atoms with Crippen molar-refractivity contribution in [2.24, 2.45) is 11.7 Å². The maximum Gasteiger partial charge on any atom is 0.238 e. The molecule has 2 N–H and O–H groups in total. The lowest BCUT2D eigenvalue weighted by molar-refractivity contribution is -0.175. The molecular weight excluding hydrogens is 446 g/mol. The largest absolute Gasteiger partial charge is 0.468 e. The predicted molar refractivity (Wildman–Crippen MR) is 130 cm³/mol. The Morgan fingerprint density at radius 1 is 1.20 bits per heavy atom. The first-order chi connectivity index (χ1) is 16.8. The molecule has 35 heavy (non-hydrogen) atoms. The highest BCUT2D eigenvalue weighted by Crippen LogP contribution is 2.50. The van der Waals surface area contributed by atoms with Crippen molar-refractivity contribution < 1.29 is 18.8 Å². The summed E-state index contributed by atoms with van der Waals surface area (Å²) < 4.78 is 11.7. The Hall–Kier alpha value is -3.88. The van der Waals surface area contributed by atoms with Gasteiger partial charge in [0.15, 0.2) is 5.72 Å². The molecule has 2 aromatic carbocycles. The smallest absolute Gasteiger partial charge is 0.238 e. The monoisotopic (exact) mass is 475 g/mol. The van der Waals surface area contributed by atoms with Crippen LogP contribution in [0.5, 0.6) is 5.75 Å². The normalized spacial score (nSPS) is 22.9. The number of amides is 2. The van der Waals surface area contributed by atoms with E-state index in [2.05, 4.69) is 10.1 Å². The zero-order valence-electron chi connectivity index (χ0n) is 20.1. The molecule has 182 valence electrons. The number of ether oxygens (including phenoxy) is 1. The average Bonchev–Trinajstić information content (AvgIpc) is 3.30. The summed E-state index contributed by atoms with van der Waals surface area (Å²) in [4.78, 5) is 33.9. The van der Waals surface area contributed by atoms with Crippen LogP contribution in [0.1, 0.15) is 37.1 Å². The van der Waals surface area contributed by atoms with Gasteiger partial charge in [-0.05, 0) is 49.2 Å². The lowest BCUT2D eigenvalue weighted by atomic mass is 9.73. The van der Waals surface area contributed by atoms with Gasteiger partial charge in [0, 0.05) is 50.7 Å². The fourth-order valence-corrected chi connectivity index (χ4v) is 5.15. The summed E-state index contributed by atoms with van der Waals surface area (Å²) in [6.45, 7) is 2.27. The first kappa shape index (κ1) is 22.9. The van der Waals surface area contributed by atoms with Crippen LogP contribution in [0.15, 0.2) is 53.1 Å². The first-order valence-corrected chi connectivity index (χ1v) is 11.8. The maximum atomic E-state index is 13.4. The van der Waals surface area contributed by atoms with Crippen LogP contribution in [0.25, 0.3) is 11.4 Å². The van der Waals surface area contributed by atoms with E-state index in [0.717, 1.165) is 16.8 Å². The minimum atomic E-state index is -0.909. The van der Waals surface area contributed by atoms with Gasteiger partial charge < -0.3 is 24.8 Å². The molecule has 3 atom stereocenters. The van der Waals surface area contributed by atoms with Crippen LogP contribution >= 0.6 is 0 Å². The molecule has 3 heterocycles. The van der Waals surface area contributed by atoms with Crippen molar-refractivity contribution in [3.8, 4) is 17.1 Å². The Balaban J connectivity index is 1.29. The van der Waals surface area contributed by atoms with Gasteiger partial charge in [0.05, 0.1) is 0 Å². The molecule has 2 aliphatic rings. The molecule has 2 amide bonds. The van der Waals surface area contributed by atoms with Crippen LogP contribution in [-0.2, 0) is 16.0 Å². The number of likely N-dealkylation sites (tertiary alicyclic amines) is 1. The van der Waals surface area contributed by atoms with Gasteiger partial charge in [-0.1, -0.05) is 23.4 Å². The second kappa shape index (κ2) is 8.72. The highest BCUT2D eigenvalue weighted by Gasteiger charge is 2.55. The number of para-hydroxylation sites is 1. The molecule has 0 saturated carbocycles.